The molecular formula is C21H22N2O3S. The summed E-state index contributed by atoms with van der Waals surface area (Å²) in [5.74, 6) is 0.0259. The molecule has 1 N–H and O–H groups in total. The zero-order chi connectivity index (χ0) is 19.0. The SMILES string of the molecule is CNC(=O)c1ccc([C@@H]2CCCN2C(=O)Cc2coc3cc(C)ccc23)s1. The molecule has 3 aromatic rings. The summed E-state index contributed by atoms with van der Waals surface area (Å²) in [6.45, 7) is 2.78. The molecule has 0 saturated carbocycles. The van der Waals surface area contributed by atoms with Crippen LogP contribution in [-0.4, -0.2) is 30.3 Å². The minimum absolute atomic E-state index is 0.0568. The number of nitrogens with one attached hydrogen (secondary N) is 1. The van der Waals surface area contributed by atoms with E-state index in [9.17, 15) is 9.59 Å². The van der Waals surface area contributed by atoms with Gasteiger partial charge in [-0.15, -0.1) is 11.3 Å². The molecule has 3 heterocycles. The molecule has 1 aliphatic rings. The second-order valence-electron chi connectivity index (χ2n) is 6.96. The van der Waals surface area contributed by atoms with Crippen molar-refractivity contribution in [2.75, 3.05) is 13.6 Å². The predicted octanol–water partition coefficient (Wildman–Crippen LogP) is 4.07. The van der Waals surface area contributed by atoms with E-state index >= 15 is 0 Å². The first-order valence-electron chi connectivity index (χ1n) is 9.15. The van der Waals surface area contributed by atoms with Gasteiger partial charge in [0.2, 0.25) is 5.91 Å². The highest BCUT2D eigenvalue weighted by Gasteiger charge is 2.31. The first kappa shape index (κ1) is 17.8. The van der Waals surface area contributed by atoms with E-state index in [4.69, 9.17) is 4.42 Å². The molecule has 1 fully saturated rings. The third kappa shape index (κ3) is 3.37. The van der Waals surface area contributed by atoms with Gasteiger partial charge in [0, 0.05) is 29.4 Å². The number of hydrogen-bond acceptors (Lipinski definition) is 4. The molecule has 1 atom stereocenters. The summed E-state index contributed by atoms with van der Waals surface area (Å²) in [6.07, 6.45) is 3.95. The number of amides is 2. The van der Waals surface area contributed by atoms with Crippen molar-refractivity contribution in [2.45, 2.75) is 32.2 Å². The minimum atomic E-state index is -0.0812. The van der Waals surface area contributed by atoms with Gasteiger partial charge in [-0.2, -0.15) is 0 Å². The third-order valence-electron chi connectivity index (χ3n) is 5.13. The molecule has 0 radical (unpaired) electrons. The summed E-state index contributed by atoms with van der Waals surface area (Å²) in [7, 11) is 1.63. The number of benzene rings is 1. The lowest BCUT2D eigenvalue weighted by Gasteiger charge is -2.23. The van der Waals surface area contributed by atoms with Crippen LogP contribution in [0.3, 0.4) is 0 Å². The fourth-order valence-electron chi connectivity index (χ4n) is 3.73. The first-order valence-corrected chi connectivity index (χ1v) is 9.96. The monoisotopic (exact) mass is 382 g/mol. The molecule has 27 heavy (non-hydrogen) atoms. The molecule has 0 unspecified atom stereocenters. The summed E-state index contributed by atoms with van der Waals surface area (Å²) in [5, 5.41) is 3.65. The van der Waals surface area contributed by atoms with Gasteiger partial charge in [-0.3, -0.25) is 9.59 Å². The van der Waals surface area contributed by atoms with Crippen molar-refractivity contribution in [1.29, 1.82) is 0 Å². The number of rotatable bonds is 4. The van der Waals surface area contributed by atoms with Crippen LogP contribution in [0.4, 0.5) is 0 Å². The summed E-state index contributed by atoms with van der Waals surface area (Å²) < 4.78 is 5.63. The van der Waals surface area contributed by atoms with Crippen LogP contribution in [0.15, 0.2) is 41.0 Å². The Labute approximate surface area is 162 Å². The van der Waals surface area contributed by atoms with Gasteiger partial charge in [-0.05, 0) is 43.5 Å². The number of carbonyl (C=O) groups is 2. The number of likely N-dealkylation sites (tertiary alicyclic amines) is 1. The normalized spacial score (nSPS) is 16.8. The summed E-state index contributed by atoms with van der Waals surface area (Å²) in [6, 6.07) is 9.92. The maximum absolute atomic E-state index is 13.0. The van der Waals surface area contributed by atoms with Crippen molar-refractivity contribution in [3.05, 3.63) is 57.5 Å². The Bertz CT molecular complexity index is 1000. The number of furan rings is 1. The Morgan fingerprint density at radius 1 is 1.30 bits per heavy atom. The molecular weight excluding hydrogens is 360 g/mol. The lowest BCUT2D eigenvalue weighted by Crippen LogP contribution is -2.31. The van der Waals surface area contributed by atoms with Crippen molar-refractivity contribution in [3.63, 3.8) is 0 Å². The van der Waals surface area contributed by atoms with E-state index in [2.05, 4.69) is 5.32 Å². The molecule has 1 aliphatic heterocycles. The van der Waals surface area contributed by atoms with Crippen LogP contribution >= 0.6 is 11.3 Å². The third-order valence-corrected chi connectivity index (χ3v) is 6.32. The van der Waals surface area contributed by atoms with Gasteiger partial charge in [0.1, 0.15) is 5.58 Å². The average Bonchev–Trinajstić information content (AvgIpc) is 3.39. The predicted molar refractivity (Wildman–Crippen MR) is 106 cm³/mol. The zero-order valence-corrected chi connectivity index (χ0v) is 16.3. The van der Waals surface area contributed by atoms with Crippen LogP contribution in [0, 0.1) is 6.92 Å². The topological polar surface area (TPSA) is 62.6 Å². The van der Waals surface area contributed by atoms with E-state index in [1.54, 1.807) is 13.3 Å². The van der Waals surface area contributed by atoms with Gasteiger partial charge in [-0.1, -0.05) is 12.1 Å². The summed E-state index contributed by atoms with van der Waals surface area (Å²) in [4.78, 5) is 28.5. The highest BCUT2D eigenvalue weighted by Crippen LogP contribution is 2.36. The average molecular weight is 382 g/mol. The number of thiophene rings is 1. The Hall–Kier alpha value is -2.60. The first-order chi connectivity index (χ1) is 13.1. The Morgan fingerprint density at radius 3 is 2.96 bits per heavy atom. The fourth-order valence-corrected chi connectivity index (χ4v) is 4.83. The van der Waals surface area contributed by atoms with Crippen molar-refractivity contribution < 1.29 is 14.0 Å². The number of aryl methyl sites for hydroxylation is 1. The number of hydrogen-bond donors (Lipinski definition) is 1. The molecule has 0 spiro atoms. The maximum atomic E-state index is 13.0. The molecule has 0 aliphatic carbocycles. The van der Waals surface area contributed by atoms with Gasteiger partial charge in [-0.25, -0.2) is 0 Å². The Morgan fingerprint density at radius 2 is 2.15 bits per heavy atom. The van der Waals surface area contributed by atoms with Crippen LogP contribution in [0.2, 0.25) is 0 Å². The molecule has 6 heteroatoms. The number of carbonyl (C=O) groups excluding carboxylic acids is 2. The molecule has 5 nitrogen and oxygen atoms in total. The second-order valence-corrected chi connectivity index (χ2v) is 8.08. The minimum Gasteiger partial charge on any atom is -0.464 e. The summed E-state index contributed by atoms with van der Waals surface area (Å²) in [5.41, 5.74) is 2.89. The van der Waals surface area contributed by atoms with Crippen molar-refractivity contribution in [1.82, 2.24) is 10.2 Å². The highest BCUT2D eigenvalue weighted by molar-refractivity contribution is 7.14. The van der Waals surface area contributed by atoms with Gasteiger partial charge in [0.05, 0.1) is 23.6 Å². The summed E-state index contributed by atoms with van der Waals surface area (Å²) >= 11 is 1.47. The molecule has 0 bridgehead atoms. The van der Waals surface area contributed by atoms with Gasteiger partial charge in [0.25, 0.3) is 5.91 Å². The van der Waals surface area contributed by atoms with Gasteiger partial charge < -0.3 is 14.6 Å². The Kier molecular flexibility index (Phi) is 4.74. The Balaban J connectivity index is 1.53. The standard InChI is InChI=1S/C21H22N2O3S/c1-13-5-6-15-14(12-26-17(15)10-13)11-20(24)23-9-3-4-16(23)18-7-8-19(27-18)21(25)22-2/h5-8,10,12,16H,3-4,9,11H2,1-2H3,(H,22,25)/t16-/m0/s1. The fraction of sp³-hybridized carbons (Fsp3) is 0.333. The largest absolute Gasteiger partial charge is 0.464 e. The maximum Gasteiger partial charge on any atom is 0.261 e. The van der Waals surface area contributed by atoms with Crippen molar-refractivity contribution >= 4 is 34.1 Å². The molecule has 4 rings (SSSR count). The smallest absolute Gasteiger partial charge is 0.261 e. The zero-order valence-electron chi connectivity index (χ0n) is 15.5. The quantitative estimate of drug-likeness (QED) is 0.740. The molecule has 1 saturated heterocycles. The van der Waals surface area contributed by atoms with E-state index in [0.29, 0.717) is 11.3 Å². The van der Waals surface area contributed by atoms with E-state index in [1.807, 2.05) is 42.2 Å². The lowest BCUT2D eigenvalue weighted by molar-refractivity contribution is -0.131. The number of fused-ring (bicyclic) bond motifs is 1. The lowest BCUT2D eigenvalue weighted by atomic mass is 10.1. The second kappa shape index (κ2) is 7.19. The molecule has 1 aromatic carbocycles. The van der Waals surface area contributed by atoms with Crippen LogP contribution in [-0.2, 0) is 11.2 Å². The van der Waals surface area contributed by atoms with Gasteiger partial charge >= 0.3 is 0 Å². The molecule has 2 aromatic heterocycles. The van der Waals surface area contributed by atoms with E-state index < -0.39 is 0 Å². The highest BCUT2D eigenvalue weighted by atomic mass is 32.1. The molecule has 2 amide bonds. The van der Waals surface area contributed by atoms with E-state index in [0.717, 1.165) is 46.4 Å². The van der Waals surface area contributed by atoms with Crippen LogP contribution in [0.5, 0.6) is 0 Å². The van der Waals surface area contributed by atoms with Crippen LogP contribution in [0.25, 0.3) is 11.0 Å². The molecule has 140 valence electrons. The van der Waals surface area contributed by atoms with Crippen LogP contribution < -0.4 is 5.32 Å². The van der Waals surface area contributed by atoms with E-state index in [-0.39, 0.29) is 17.9 Å². The van der Waals surface area contributed by atoms with Gasteiger partial charge in [0.15, 0.2) is 0 Å². The van der Waals surface area contributed by atoms with Crippen LogP contribution in [0.1, 0.15) is 44.6 Å². The van der Waals surface area contributed by atoms with Crippen molar-refractivity contribution in [3.8, 4) is 0 Å². The van der Waals surface area contributed by atoms with Crippen molar-refractivity contribution in [2.24, 2.45) is 0 Å². The van der Waals surface area contributed by atoms with E-state index in [1.165, 1.54) is 11.3 Å². The number of nitrogens with zero attached hydrogens (tertiary/aromatic N) is 1.